The van der Waals surface area contributed by atoms with E-state index in [2.05, 4.69) is 24.9 Å². The fourth-order valence-electron chi connectivity index (χ4n) is 3.36. The van der Waals surface area contributed by atoms with E-state index in [1.807, 2.05) is 6.92 Å². The molecule has 2 aromatic heterocycles. The van der Waals surface area contributed by atoms with Crippen LogP contribution in [-0.2, 0) is 6.54 Å². The van der Waals surface area contributed by atoms with E-state index in [1.165, 1.54) is 18.5 Å². The molecule has 0 radical (unpaired) electrons. The number of piperazine rings is 1. The Labute approximate surface area is 147 Å². The number of nitrogens with zero attached hydrogens (tertiary/aromatic N) is 6. The lowest BCUT2D eigenvalue weighted by molar-refractivity contribution is 0.242. The van der Waals surface area contributed by atoms with E-state index in [9.17, 15) is 4.79 Å². The molecular formula is C18H24N6O. The first-order valence-electron chi connectivity index (χ1n) is 9.04. The van der Waals surface area contributed by atoms with Crippen molar-refractivity contribution in [2.45, 2.75) is 32.2 Å². The molecule has 0 spiro atoms. The molecule has 7 nitrogen and oxygen atoms in total. The maximum atomic E-state index is 11.8. The van der Waals surface area contributed by atoms with Crippen LogP contribution in [0.5, 0.6) is 0 Å². The first-order chi connectivity index (χ1) is 12.2. The summed E-state index contributed by atoms with van der Waals surface area (Å²) in [6, 6.07) is 3.35. The Hall–Kier alpha value is -2.28. The van der Waals surface area contributed by atoms with Crippen molar-refractivity contribution in [3.05, 3.63) is 46.3 Å². The Balaban J connectivity index is 1.34. The first-order valence-corrected chi connectivity index (χ1v) is 9.04. The molecule has 0 atom stereocenters. The van der Waals surface area contributed by atoms with E-state index in [0.717, 1.165) is 44.2 Å². The number of hydrogen-bond acceptors (Lipinski definition) is 6. The van der Waals surface area contributed by atoms with Gasteiger partial charge in [-0.3, -0.25) is 14.7 Å². The monoisotopic (exact) mass is 340 g/mol. The molecule has 2 aliphatic rings. The van der Waals surface area contributed by atoms with Gasteiger partial charge in [0.25, 0.3) is 5.56 Å². The highest BCUT2D eigenvalue weighted by Crippen LogP contribution is 2.42. The third kappa shape index (κ3) is 3.71. The van der Waals surface area contributed by atoms with Crippen LogP contribution >= 0.6 is 0 Å². The van der Waals surface area contributed by atoms with E-state index in [-0.39, 0.29) is 5.56 Å². The Morgan fingerprint density at radius 1 is 1.04 bits per heavy atom. The van der Waals surface area contributed by atoms with Crippen LogP contribution in [0.1, 0.15) is 30.1 Å². The predicted octanol–water partition coefficient (Wildman–Crippen LogP) is 1.04. The highest BCUT2D eigenvalue weighted by Gasteiger charge is 2.30. The Kier molecular flexibility index (Phi) is 4.48. The number of hydrogen-bond donors (Lipinski definition) is 0. The minimum Gasteiger partial charge on any atom is -0.353 e. The highest BCUT2D eigenvalue weighted by atomic mass is 16.1. The maximum Gasteiger partial charge on any atom is 0.266 e. The lowest BCUT2D eigenvalue weighted by Gasteiger charge is -2.35. The first kappa shape index (κ1) is 16.2. The summed E-state index contributed by atoms with van der Waals surface area (Å²) in [5, 5.41) is 4.31. The van der Waals surface area contributed by atoms with Gasteiger partial charge < -0.3 is 4.90 Å². The predicted molar refractivity (Wildman–Crippen MR) is 95.9 cm³/mol. The molecule has 4 rings (SSSR count). The molecule has 1 saturated carbocycles. The second-order valence-corrected chi connectivity index (χ2v) is 6.90. The highest BCUT2D eigenvalue weighted by molar-refractivity contribution is 5.46. The van der Waals surface area contributed by atoms with Gasteiger partial charge in [-0.15, -0.1) is 0 Å². The van der Waals surface area contributed by atoms with Crippen molar-refractivity contribution in [2.24, 2.45) is 0 Å². The summed E-state index contributed by atoms with van der Waals surface area (Å²) in [5.74, 6) is 1.68. The summed E-state index contributed by atoms with van der Waals surface area (Å²) in [7, 11) is 0. The van der Waals surface area contributed by atoms with Crippen molar-refractivity contribution in [1.82, 2.24) is 24.6 Å². The minimum atomic E-state index is -0.0297. The van der Waals surface area contributed by atoms with Gasteiger partial charge in [0.1, 0.15) is 0 Å². The van der Waals surface area contributed by atoms with Gasteiger partial charge in [0.15, 0.2) is 5.82 Å². The zero-order valence-corrected chi connectivity index (χ0v) is 14.6. The van der Waals surface area contributed by atoms with Crippen LogP contribution in [-0.4, -0.2) is 57.4 Å². The van der Waals surface area contributed by atoms with E-state index in [1.54, 1.807) is 29.2 Å². The molecule has 1 aliphatic heterocycles. The van der Waals surface area contributed by atoms with Gasteiger partial charge in [-0.1, -0.05) is 0 Å². The zero-order valence-electron chi connectivity index (χ0n) is 14.6. The van der Waals surface area contributed by atoms with Gasteiger partial charge in [0.2, 0.25) is 0 Å². The maximum absolute atomic E-state index is 11.8. The number of aryl methyl sites for hydroxylation is 1. The minimum absolute atomic E-state index is 0.0297. The van der Waals surface area contributed by atoms with Gasteiger partial charge in [-0.2, -0.15) is 5.10 Å². The van der Waals surface area contributed by atoms with E-state index < -0.39 is 0 Å². The molecule has 0 N–H and O–H groups in total. The van der Waals surface area contributed by atoms with Crippen molar-refractivity contribution in [3.8, 4) is 0 Å². The SMILES string of the molecule is Cc1ccc(=O)n(CCN2CCN(c3nccnc3C3CC3)CC2)n1. The molecule has 0 unspecified atom stereocenters. The normalized spacial score (nSPS) is 18.5. The Morgan fingerprint density at radius 2 is 1.80 bits per heavy atom. The summed E-state index contributed by atoms with van der Waals surface area (Å²) in [6.45, 7) is 7.25. The van der Waals surface area contributed by atoms with Gasteiger partial charge in [-0.05, 0) is 25.8 Å². The molecule has 3 heterocycles. The van der Waals surface area contributed by atoms with Crippen LogP contribution < -0.4 is 10.5 Å². The van der Waals surface area contributed by atoms with Crippen molar-refractivity contribution in [1.29, 1.82) is 0 Å². The molecule has 25 heavy (non-hydrogen) atoms. The average Bonchev–Trinajstić information content (AvgIpc) is 3.48. The smallest absolute Gasteiger partial charge is 0.266 e. The molecule has 0 aromatic carbocycles. The molecule has 132 valence electrons. The summed E-state index contributed by atoms with van der Waals surface area (Å²) in [6.07, 6.45) is 6.08. The van der Waals surface area contributed by atoms with Crippen LogP contribution in [0.2, 0.25) is 0 Å². The van der Waals surface area contributed by atoms with Crippen molar-refractivity contribution < 1.29 is 0 Å². The molecule has 2 fully saturated rings. The van der Waals surface area contributed by atoms with E-state index in [0.29, 0.717) is 12.5 Å². The van der Waals surface area contributed by atoms with Crippen LogP contribution in [0.3, 0.4) is 0 Å². The van der Waals surface area contributed by atoms with Crippen LogP contribution in [0, 0.1) is 6.92 Å². The van der Waals surface area contributed by atoms with Crippen molar-refractivity contribution in [2.75, 3.05) is 37.6 Å². The summed E-state index contributed by atoms with van der Waals surface area (Å²) in [4.78, 5) is 25.7. The molecule has 1 saturated heterocycles. The second-order valence-electron chi connectivity index (χ2n) is 6.90. The average molecular weight is 340 g/mol. The van der Waals surface area contributed by atoms with E-state index in [4.69, 9.17) is 0 Å². The molecule has 1 aliphatic carbocycles. The lowest BCUT2D eigenvalue weighted by atomic mass is 10.2. The van der Waals surface area contributed by atoms with Crippen LogP contribution in [0.15, 0.2) is 29.3 Å². The van der Waals surface area contributed by atoms with Gasteiger partial charge in [0, 0.05) is 57.1 Å². The van der Waals surface area contributed by atoms with Gasteiger partial charge in [0.05, 0.1) is 17.9 Å². The third-order valence-electron chi connectivity index (χ3n) is 4.97. The molecular weight excluding hydrogens is 316 g/mol. The topological polar surface area (TPSA) is 67.2 Å². The summed E-state index contributed by atoms with van der Waals surface area (Å²) in [5.41, 5.74) is 2.02. The largest absolute Gasteiger partial charge is 0.353 e. The Morgan fingerprint density at radius 3 is 2.56 bits per heavy atom. The van der Waals surface area contributed by atoms with Crippen LogP contribution in [0.25, 0.3) is 0 Å². The molecule has 0 amide bonds. The third-order valence-corrected chi connectivity index (χ3v) is 4.97. The van der Waals surface area contributed by atoms with Gasteiger partial charge in [-0.25, -0.2) is 9.67 Å². The second kappa shape index (κ2) is 6.92. The molecule has 7 heteroatoms. The quantitative estimate of drug-likeness (QED) is 0.810. The van der Waals surface area contributed by atoms with E-state index >= 15 is 0 Å². The lowest BCUT2D eigenvalue weighted by Crippen LogP contribution is -2.48. The number of anilines is 1. The molecule has 2 aromatic rings. The fraction of sp³-hybridized carbons (Fsp3) is 0.556. The summed E-state index contributed by atoms with van der Waals surface area (Å²) >= 11 is 0. The van der Waals surface area contributed by atoms with Crippen LogP contribution in [0.4, 0.5) is 5.82 Å². The number of rotatable bonds is 5. The zero-order chi connectivity index (χ0) is 17.2. The standard InChI is InChI=1S/C18H24N6O/c1-14-2-5-16(25)24(21-14)13-10-22-8-11-23(12-9-22)18-17(15-3-4-15)19-6-7-20-18/h2,5-7,15H,3-4,8-13H2,1H3. The summed E-state index contributed by atoms with van der Waals surface area (Å²) < 4.78 is 1.57. The van der Waals surface area contributed by atoms with Crippen molar-refractivity contribution in [3.63, 3.8) is 0 Å². The van der Waals surface area contributed by atoms with Crippen molar-refractivity contribution >= 4 is 5.82 Å². The molecule has 0 bridgehead atoms. The Bertz CT molecular complexity index is 792. The fourth-order valence-corrected chi connectivity index (χ4v) is 3.36. The number of aromatic nitrogens is 4. The van der Waals surface area contributed by atoms with Gasteiger partial charge >= 0.3 is 0 Å².